The molecule has 0 radical (unpaired) electrons. The molecule has 0 spiro atoms. The standard InChI is InChI=1S/C21H18N4O4/c26-20-12-11-18(15-7-9-17(10-8-15)25(28)29)22-24(20)14-21(27)23-13-3-5-16-4-1-2-6-19(16)23/h1-2,4,6-12H,3,5,13-14H2. The van der Waals surface area contributed by atoms with Crippen LogP contribution in [0.1, 0.15) is 12.0 Å². The largest absolute Gasteiger partial charge is 0.311 e. The number of nitrogens with zero attached hydrogens (tertiary/aromatic N) is 4. The maximum absolute atomic E-state index is 12.9. The Morgan fingerprint density at radius 3 is 2.59 bits per heavy atom. The topological polar surface area (TPSA) is 98.3 Å². The zero-order valence-electron chi connectivity index (χ0n) is 15.5. The van der Waals surface area contributed by atoms with Gasteiger partial charge in [0.05, 0.1) is 10.6 Å². The molecule has 8 nitrogen and oxygen atoms in total. The molecule has 0 fully saturated rings. The summed E-state index contributed by atoms with van der Waals surface area (Å²) in [6.45, 7) is 0.431. The third-order valence-electron chi connectivity index (χ3n) is 4.94. The summed E-state index contributed by atoms with van der Waals surface area (Å²) >= 11 is 0. The van der Waals surface area contributed by atoms with Crippen LogP contribution in [0.15, 0.2) is 65.5 Å². The fraction of sp³-hybridized carbons (Fsp3) is 0.190. The van der Waals surface area contributed by atoms with Crippen molar-refractivity contribution in [3.05, 3.63) is 86.7 Å². The summed E-state index contributed by atoms with van der Waals surface area (Å²) in [7, 11) is 0. The van der Waals surface area contributed by atoms with Crippen molar-refractivity contribution in [3.63, 3.8) is 0 Å². The molecule has 1 aromatic heterocycles. The van der Waals surface area contributed by atoms with Gasteiger partial charge in [-0.15, -0.1) is 0 Å². The molecule has 29 heavy (non-hydrogen) atoms. The van der Waals surface area contributed by atoms with Gasteiger partial charge in [-0.25, -0.2) is 4.68 Å². The van der Waals surface area contributed by atoms with Crippen LogP contribution in [0.4, 0.5) is 11.4 Å². The summed E-state index contributed by atoms with van der Waals surface area (Å²) in [5.74, 6) is -0.201. The Morgan fingerprint density at radius 2 is 1.83 bits per heavy atom. The number of non-ortho nitro benzene ring substituents is 1. The molecule has 2 heterocycles. The Bertz CT molecular complexity index is 1140. The Morgan fingerprint density at radius 1 is 1.07 bits per heavy atom. The van der Waals surface area contributed by atoms with Crippen LogP contribution in [-0.4, -0.2) is 27.2 Å². The number of nitro benzene ring substituents is 1. The number of benzene rings is 2. The van der Waals surface area contributed by atoms with E-state index in [2.05, 4.69) is 5.10 Å². The lowest BCUT2D eigenvalue weighted by atomic mass is 10.0. The van der Waals surface area contributed by atoms with Gasteiger partial charge in [0.1, 0.15) is 6.54 Å². The summed E-state index contributed by atoms with van der Waals surface area (Å²) in [6, 6.07) is 16.5. The van der Waals surface area contributed by atoms with Gasteiger partial charge in [-0.3, -0.25) is 19.7 Å². The Kier molecular flexibility index (Phi) is 4.90. The van der Waals surface area contributed by atoms with Gasteiger partial charge < -0.3 is 4.90 Å². The van der Waals surface area contributed by atoms with Crippen LogP contribution in [-0.2, 0) is 17.8 Å². The average Bonchev–Trinajstić information content (AvgIpc) is 2.75. The van der Waals surface area contributed by atoms with Crippen LogP contribution in [0.25, 0.3) is 11.3 Å². The fourth-order valence-corrected chi connectivity index (χ4v) is 3.48. The molecule has 2 aromatic carbocycles. The minimum Gasteiger partial charge on any atom is -0.311 e. The minimum atomic E-state index is -0.479. The van der Waals surface area contributed by atoms with Crippen molar-refractivity contribution in [3.8, 4) is 11.3 Å². The molecule has 1 amide bonds. The van der Waals surface area contributed by atoms with Crippen LogP contribution >= 0.6 is 0 Å². The number of rotatable bonds is 4. The number of aromatic nitrogens is 2. The number of carbonyl (C=O) groups is 1. The molecule has 0 saturated heterocycles. The van der Waals surface area contributed by atoms with Gasteiger partial charge in [0.15, 0.2) is 0 Å². The maximum atomic E-state index is 12.9. The van der Waals surface area contributed by atoms with Gasteiger partial charge >= 0.3 is 0 Å². The number of amides is 1. The fourth-order valence-electron chi connectivity index (χ4n) is 3.48. The highest BCUT2D eigenvalue weighted by molar-refractivity contribution is 5.94. The van der Waals surface area contributed by atoms with E-state index >= 15 is 0 Å². The normalized spacial score (nSPS) is 13.0. The molecule has 8 heteroatoms. The molecule has 0 aliphatic carbocycles. The van der Waals surface area contributed by atoms with E-state index in [0.29, 0.717) is 17.8 Å². The Labute approximate surface area is 166 Å². The second-order valence-corrected chi connectivity index (χ2v) is 6.80. The summed E-state index contributed by atoms with van der Waals surface area (Å²) in [5.41, 5.74) is 2.68. The number of carbonyl (C=O) groups excluding carboxylic acids is 1. The summed E-state index contributed by atoms with van der Waals surface area (Å²) < 4.78 is 1.14. The first-order valence-electron chi connectivity index (χ1n) is 9.24. The van der Waals surface area contributed by atoms with Crippen LogP contribution in [0.5, 0.6) is 0 Å². The quantitative estimate of drug-likeness (QED) is 0.504. The molecule has 146 valence electrons. The van der Waals surface area contributed by atoms with Gasteiger partial charge in [0, 0.05) is 36.0 Å². The van der Waals surface area contributed by atoms with Crippen molar-refractivity contribution in [1.82, 2.24) is 9.78 Å². The number of hydrogen-bond donors (Lipinski definition) is 0. The number of nitro groups is 1. The van der Waals surface area contributed by atoms with Gasteiger partial charge in [-0.05, 0) is 42.7 Å². The zero-order chi connectivity index (χ0) is 20.4. The highest BCUT2D eigenvalue weighted by Gasteiger charge is 2.23. The van der Waals surface area contributed by atoms with Crippen molar-refractivity contribution in [2.75, 3.05) is 11.4 Å². The lowest BCUT2D eigenvalue weighted by Crippen LogP contribution is -2.40. The van der Waals surface area contributed by atoms with Gasteiger partial charge in [-0.1, -0.05) is 18.2 Å². The molecule has 3 aromatic rings. The zero-order valence-corrected chi connectivity index (χ0v) is 15.5. The number of anilines is 1. The number of hydrogen-bond acceptors (Lipinski definition) is 5. The number of fused-ring (bicyclic) bond motifs is 1. The van der Waals surface area contributed by atoms with Crippen molar-refractivity contribution in [2.24, 2.45) is 0 Å². The minimum absolute atomic E-state index is 0.0268. The third-order valence-corrected chi connectivity index (χ3v) is 4.94. The van der Waals surface area contributed by atoms with E-state index < -0.39 is 4.92 Å². The van der Waals surface area contributed by atoms with Crippen LogP contribution in [0.3, 0.4) is 0 Å². The summed E-state index contributed by atoms with van der Waals surface area (Å²) in [4.78, 5) is 37.2. The van der Waals surface area contributed by atoms with Crippen LogP contribution in [0, 0.1) is 10.1 Å². The molecular weight excluding hydrogens is 372 g/mol. The van der Waals surface area contributed by atoms with Crippen molar-refractivity contribution >= 4 is 17.3 Å². The SMILES string of the molecule is O=C(Cn1nc(-c2ccc([N+](=O)[O-])cc2)ccc1=O)N1CCCc2ccccc21. The predicted molar refractivity (Wildman–Crippen MR) is 108 cm³/mol. The second-order valence-electron chi connectivity index (χ2n) is 6.80. The lowest BCUT2D eigenvalue weighted by Gasteiger charge is -2.29. The molecule has 0 unspecified atom stereocenters. The highest BCUT2D eigenvalue weighted by atomic mass is 16.6. The first-order valence-corrected chi connectivity index (χ1v) is 9.24. The second kappa shape index (κ2) is 7.67. The van der Waals surface area contributed by atoms with Gasteiger partial charge in [0.25, 0.3) is 11.2 Å². The molecule has 0 atom stereocenters. The number of para-hydroxylation sites is 1. The average molecular weight is 390 g/mol. The molecule has 4 rings (SSSR count). The molecule has 1 aliphatic heterocycles. The van der Waals surface area contributed by atoms with Crippen molar-refractivity contribution in [1.29, 1.82) is 0 Å². The van der Waals surface area contributed by atoms with Gasteiger partial charge in [0.2, 0.25) is 5.91 Å². The van der Waals surface area contributed by atoms with E-state index in [1.54, 1.807) is 23.1 Å². The summed E-state index contributed by atoms with van der Waals surface area (Å²) in [5, 5.41) is 15.1. The maximum Gasteiger partial charge on any atom is 0.269 e. The van der Waals surface area contributed by atoms with E-state index in [0.717, 1.165) is 28.8 Å². The predicted octanol–water partition coefficient (Wildman–Crippen LogP) is 2.80. The summed E-state index contributed by atoms with van der Waals surface area (Å²) in [6.07, 6.45) is 1.79. The van der Waals surface area contributed by atoms with Gasteiger partial charge in [-0.2, -0.15) is 5.10 Å². The molecule has 0 N–H and O–H groups in total. The molecule has 0 saturated carbocycles. The molecular formula is C21H18N4O4. The lowest BCUT2D eigenvalue weighted by molar-refractivity contribution is -0.384. The van der Waals surface area contributed by atoms with Crippen LogP contribution in [0.2, 0.25) is 0 Å². The van der Waals surface area contributed by atoms with E-state index in [-0.39, 0.29) is 23.7 Å². The van der Waals surface area contributed by atoms with E-state index in [9.17, 15) is 19.7 Å². The Balaban J connectivity index is 1.60. The van der Waals surface area contributed by atoms with Crippen molar-refractivity contribution in [2.45, 2.75) is 19.4 Å². The van der Waals surface area contributed by atoms with E-state index in [1.165, 1.54) is 18.2 Å². The third kappa shape index (κ3) is 3.77. The molecule has 1 aliphatic rings. The smallest absolute Gasteiger partial charge is 0.269 e. The first-order chi connectivity index (χ1) is 14.0. The first kappa shape index (κ1) is 18.5. The highest BCUT2D eigenvalue weighted by Crippen LogP contribution is 2.27. The van der Waals surface area contributed by atoms with E-state index in [1.807, 2.05) is 24.3 Å². The monoisotopic (exact) mass is 390 g/mol. The molecule has 0 bridgehead atoms. The van der Waals surface area contributed by atoms with E-state index in [4.69, 9.17) is 0 Å². The van der Waals surface area contributed by atoms with Crippen molar-refractivity contribution < 1.29 is 9.72 Å². The Hall–Kier alpha value is -3.81. The van der Waals surface area contributed by atoms with Crippen LogP contribution < -0.4 is 10.5 Å². The number of aryl methyl sites for hydroxylation is 1.